The number of nitrogens with one attached hydrogen (secondary N) is 2. The van der Waals surface area contributed by atoms with Crippen molar-refractivity contribution in [3.63, 3.8) is 0 Å². The van der Waals surface area contributed by atoms with Gasteiger partial charge in [-0.05, 0) is 49.6 Å². The zero-order chi connectivity index (χ0) is 24.7. The predicted octanol–water partition coefficient (Wildman–Crippen LogP) is 5.75. The molecule has 5 aromatic rings. The van der Waals surface area contributed by atoms with E-state index < -0.39 is 0 Å². The van der Waals surface area contributed by atoms with Crippen LogP contribution in [0.15, 0.2) is 61.8 Å². The first-order valence-electron chi connectivity index (χ1n) is 11.5. The van der Waals surface area contributed by atoms with Gasteiger partial charge in [0.15, 0.2) is 0 Å². The van der Waals surface area contributed by atoms with Gasteiger partial charge >= 0.3 is 0 Å². The van der Waals surface area contributed by atoms with E-state index >= 15 is 0 Å². The fourth-order valence-corrected chi connectivity index (χ4v) is 4.43. The standard InChI is InChI=1S/C27H27N7O.2H2/c1-6-23(35)31-22-10-18(9-8-16(22)3)25-24-17(4)21(19-11-30-34(7-2)15-19)13-28-27(24)32-26(25)20-12-29-33(5)14-20;;/h6,8-15H,1,7H2,2-5H3,(H,28,32)(H,31,35);2*1H. The molecule has 0 fully saturated rings. The second-order valence-electron chi connectivity index (χ2n) is 8.61. The Morgan fingerprint density at radius 3 is 2.63 bits per heavy atom. The number of nitrogens with zero attached hydrogens (tertiary/aromatic N) is 5. The molecule has 0 radical (unpaired) electrons. The van der Waals surface area contributed by atoms with E-state index in [1.807, 2.05) is 61.8 Å². The summed E-state index contributed by atoms with van der Waals surface area (Å²) >= 11 is 0. The lowest BCUT2D eigenvalue weighted by atomic mass is 9.94. The van der Waals surface area contributed by atoms with Crippen molar-refractivity contribution < 1.29 is 7.65 Å². The third kappa shape index (κ3) is 3.93. The molecular formula is C27H31N7O. The van der Waals surface area contributed by atoms with Crippen LogP contribution in [0.4, 0.5) is 5.69 Å². The molecule has 0 aliphatic rings. The normalized spacial score (nSPS) is 11.2. The molecule has 8 heteroatoms. The summed E-state index contributed by atoms with van der Waals surface area (Å²) in [5, 5.41) is 12.8. The minimum absolute atomic E-state index is 0. The highest BCUT2D eigenvalue weighted by Crippen LogP contribution is 2.42. The summed E-state index contributed by atoms with van der Waals surface area (Å²) in [5.74, 6) is -0.246. The van der Waals surface area contributed by atoms with Gasteiger partial charge in [-0.2, -0.15) is 10.2 Å². The molecule has 8 nitrogen and oxygen atoms in total. The molecule has 0 saturated heterocycles. The number of aromatic amines is 1. The second kappa shape index (κ2) is 8.72. The Labute approximate surface area is 206 Å². The van der Waals surface area contributed by atoms with Gasteiger partial charge in [0.05, 0.1) is 18.1 Å². The quantitative estimate of drug-likeness (QED) is 0.310. The van der Waals surface area contributed by atoms with Gasteiger partial charge in [0, 0.05) is 68.4 Å². The zero-order valence-electron chi connectivity index (χ0n) is 20.3. The van der Waals surface area contributed by atoms with Crippen LogP contribution < -0.4 is 5.32 Å². The zero-order valence-corrected chi connectivity index (χ0v) is 20.3. The van der Waals surface area contributed by atoms with Gasteiger partial charge in [0.1, 0.15) is 5.65 Å². The number of rotatable bonds is 6. The summed E-state index contributed by atoms with van der Waals surface area (Å²) in [6, 6.07) is 6.08. The number of hydrogen-bond donors (Lipinski definition) is 2. The van der Waals surface area contributed by atoms with Crippen molar-refractivity contribution in [2.75, 3.05) is 5.32 Å². The summed E-state index contributed by atoms with van der Waals surface area (Å²) < 4.78 is 3.69. The van der Waals surface area contributed by atoms with Crippen molar-refractivity contribution in [3.8, 4) is 33.5 Å². The van der Waals surface area contributed by atoms with E-state index in [-0.39, 0.29) is 8.76 Å². The Balaban J connectivity index is 0.00000190. The lowest BCUT2D eigenvalue weighted by molar-refractivity contribution is -0.111. The van der Waals surface area contributed by atoms with E-state index in [4.69, 9.17) is 4.98 Å². The number of hydrogen-bond acceptors (Lipinski definition) is 4. The SMILES string of the molecule is C=CC(=O)Nc1cc(-c2c(-c3cnn(C)c3)[nH]c3ncc(-c4cnn(CC)c4)c(C)c23)ccc1C.[HH].[HH]. The van der Waals surface area contributed by atoms with E-state index in [2.05, 4.69) is 47.0 Å². The van der Waals surface area contributed by atoms with Gasteiger partial charge in [0.2, 0.25) is 5.91 Å². The molecule has 1 aromatic carbocycles. The number of aryl methyl sites for hydroxylation is 4. The van der Waals surface area contributed by atoms with Gasteiger partial charge in [-0.3, -0.25) is 14.2 Å². The Kier molecular flexibility index (Phi) is 5.56. The van der Waals surface area contributed by atoms with Crippen LogP contribution in [-0.4, -0.2) is 35.4 Å². The highest BCUT2D eigenvalue weighted by molar-refractivity contribution is 6.07. The lowest BCUT2D eigenvalue weighted by Gasteiger charge is -2.12. The molecule has 0 saturated carbocycles. The maximum Gasteiger partial charge on any atom is 0.247 e. The molecule has 4 heterocycles. The van der Waals surface area contributed by atoms with Crippen LogP contribution in [-0.2, 0) is 18.4 Å². The molecule has 0 atom stereocenters. The van der Waals surface area contributed by atoms with E-state index in [9.17, 15) is 4.79 Å². The van der Waals surface area contributed by atoms with Crippen LogP contribution in [0.1, 0.15) is 20.9 Å². The van der Waals surface area contributed by atoms with Crippen molar-refractivity contribution in [2.24, 2.45) is 7.05 Å². The average molecular weight is 470 g/mol. The molecule has 0 aliphatic heterocycles. The molecule has 0 bridgehead atoms. The summed E-state index contributed by atoms with van der Waals surface area (Å²) in [6.45, 7) is 10.5. The molecule has 0 spiro atoms. The number of H-pyrrole nitrogens is 1. The third-order valence-corrected chi connectivity index (χ3v) is 6.31. The van der Waals surface area contributed by atoms with Crippen molar-refractivity contribution in [1.29, 1.82) is 0 Å². The molecule has 0 aliphatic carbocycles. The predicted molar refractivity (Wildman–Crippen MR) is 143 cm³/mol. The van der Waals surface area contributed by atoms with Crippen LogP contribution in [0.25, 0.3) is 44.5 Å². The molecule has 0 unspecified atom stereocenters. The molecule has 180 valence electrons. The topological polar surface area (TPSA) is 93.4 Å². The number of pyridine rings is 1. The Hall–Kier alpha value is -4.46. The lowest BCUT2D eigenvalue weighted by Crippen LogP contribution is -2.08. The van der Waals surface area contributed by atoms with Crippen molar-refractivity contribution >= 4 is 22.6 Å². The number of benzene rings is 1. The van der Waals surface area contributed by atoms with Crippen LogP contribution in [0.3, 0.4) is 0 Å². The first-order valence-corrected chi connectivity index (χ1v) is 11.5. The molecule has 35 heavy (non-hydrogen) atoms. The number of carbonyl (C=O) groups excluding carboxylic acids is 1. The van der Waals surface area contributed by atoms with E-state index in [0.717, 1.165) is 67.9 Å². The number of amides is 1. The minimum atomic E-state index is -0.246. The van der Waals surface area contributed by atoms with E-state index in [1.165, 1.54) is 6.08 Å². The molecule has 4 aromatic heterocycles. The Bertz CT molecular complexity index is 1600. The first kappa shape index (κ1) is 22.3. The average Bonchev–Trinajstić information content (AvgIpc) is 3.59. The number of fused-ring (bicyclic) bond motifs is 1. The van der Waals surface area contributed by atoms with E-state index in [0.29, 0.717) is 0 Å². The largest absolute Gasteiger partial charge is 0.339 e. The van der Waals surface area contributed by atoms with Crippen LogP contribution >= 0.6 is 0 Å². The van der Waals surface area contributed by atoms with Gasteiger partial charge in [-0.15, -0.1) is 0 Å². The fraction of sp³-hybridized carbons (Fsp3) is 0.185. The minimum Gasteiger partial charge on any atom is -0.339 e. The summed E-state index contributed by atoms with van der Waals surface area (Å²) in [6.07, 6.45) is 10.9. The van der Waals surface area contributed by atoms with Gasteiger partial charge in [-0.25, -0.2) is 4.98 Å². The fourth-order valence-electron chi connectivity index (χ4n) is 4.43. The molecule has 2 N–H and O–H groups in total. The number of anilines is 1. The maximum atomic E-state index is 12.1. The van der Waals surface area contributed by atoms with Crippen molar-refractivity contribution in [2.45, 2.75) is 27.3 Å². The summed E-state index contributed by atoms with van der Waals surface area (Å²) in [4.78, 5) is 20.4. The summed E-state index contributed by atoms with van der Waals surface area (Å²) in [7, 11) is 1.90. The molecular weight excluding hydrogens is 438 g/mol. The van der Waals surface area contributed by atoms with Gasteiger partial charge in [0.25, 0.3) is 0 Å². The highest BCUT2D eigenvalue weighted by Gasteiger charge is 2.21. The van der Waals surface area contributed by atoms with Crippen molar-refractivity contribution in [3.05, 3.63) is 73.0 Å². The second-order valence-corrected chi connectivity index (χ2v) is 8.61. The smallest absolute Gasteiger partial charge is 0.247 e. The highest BCUT2D eigenvalue weighted by atomic mass is 16.1. The molecule has 1 amide bonds. The van der Waals surface area contributed by atoms with Crippen LogP contribution in [0, 0.1) is 13.8 Å². The Morgan fingerprint density at radius 2 is 1.94 bits per heavy atom. The van der Waals surface area contributed by atoms with Crippen LogP contribution in [0.2, 0.25) is 0 Å². The van der Waals surface area contributed by atoms with Crippen LogP contribution in [0.5, 0.6) is 0 Å². The molecule has 5 rings (SSSR count). The van der Waals surface area contributed by atoms with Crippen molar-refractivity contribution in [1.82, 2.24) is 29.5 Å². The van der Waals surface area contributed by atoms with Gasteiger partial charge < -0.3 is 10.3 Å². The Morgan fingerprint density at radius 1 is 1.14 bits per heavy atom. The van der Waals surface area contributed by atoms with Gasteiger partial charge in [-0.1, -0.05) is 18.7 Å². The summed E-state index contributed by atoms with van der Waals surface area (Å²) in [5.41, 5.74) is 9.51. The first-order chi connectivity index (χ1) is 16.9. The van der Waals surface area contributed by atoms with E-state index in [1.54, 1.807) is 4.68 Å². The monoisotopic (exact) mass is 469 g/mol. The number of carbonyl (C=O) groups is 1. The third-order valence-electron chi connectivity index (χ3n) is 6.31. The maximum absolute atomic E-state index is 12.1. The number of aromatic nitrogens is 6.